The van der Waals surface area contributed by atoms with E-state index in [0.717, 1.165) is 17.3 Å². The summed E-state index contributed by atoms with van der Waals surface area (Å²) in [6.45, 7) is 3.12. The Kier molecular flexibility index (Phi) is 3.47. The fourth-order valence-corrected chi connectivity index (χ4v) is 2.83. The van der Waals surface area contributed by atoms with Gasteiger partial charge in [0, 0.05) is 18.5 Å². The fraction of sp³-hybridized carbons (Fsp3) is 0.400. The molecule has 2 heterocycles. The van der Waals surface area contributed by atoms with Crippen LogP contribution in [0.5, 0.6) is 0 Å². The lowest BCUT2D eigenvalue weighted by Crippen LogP contribution is -2.43. The maximum Gasteiger partial charge on any atom is 0.311 e. The molecule has 2 unspecified atom stereocenters. The van der Waals surface area contributed by atoms with E-state index in [9.17, 15) is 15.2 Å². The number of anilines is 1. The second-order valence-corrected chi connectivity index (χ2v) is 5.55. The monoisotopic (exact) mass is 287 g/mol. The van der Waals surface area contributed by atoms with Gasteiger partial charge in [-0.05, 0) is 18.4 Å². The van der Waals surface area contributed by atoms with Gasteiger partial charge < -0.3 is 10.0 Å². The van der Waals surface area contributed by atoms with Crippen molar-refractivity contribution in [2.75, 3.05) is 18.0 Å². The molecule has 1 fully saturated rings. The van der Waals surface area contributed by atoms with E-state index in [1.165, 1.54) is 6.20 Å². The quantitative estimate of drug-likeness (QED) is 0.677. The van der Waals surface area contributed by atoms with Gasteiger partial charge in [0.05, 0.1) is 16.5 Å². The molecule has 6 heteroatoms. The molecule has 110 valence electrons. The maximum absolute atomic E-state index is 11.3. The third kappa shape index (κ3) is 2.42. The number of pyridine rings is 1. The van der Waals surface area contributed by atoms with E-state index >= 15 is 0 Å². The van der Waals surface area contributed by atoms with E-state index in [0.29, 0.717) is 18.8 Å². The minimum atomic E-state index is -0.467. The van der Waals surface area contributed by atoms with Crippen molar-refractivity contribution in [3.63, 3.8) is 0 Å². The van der Waals surface area contributed by atoms with Crippen LogP contribution in [0.15, 0.2) is 30.5 Å². The number of para-hydroxylation sites is 1. The highest BCUT2D eigenvalue weighted by Gasteiger charge is 2.30. The summed E-state index contributed by atoms with van der Waals surface area (Å²) in [5, 5.41) is 22.2. The van der Waals surface area contributed by atoms with E-state index in [4.69, 9.17) is 0 Å². The third-order valence-corrected chi connectivity index (χ3v) is 4.16. The van der Waals surface area contributed by atoms with Crippen LogP contribution in [0.25, 0.3) is 10.9 Å². The number of aliphatic hydroxyl groups is 1. The second-order valence-electron chi connectivity index (χ2n) is 5.55. The van der Waals surface area contributed by atoms with Gasteiger partial charge in [-0.25, -0.2) is 4.98 Å². The van der Waals surface area contributed by atoms with Gasteiger partial charge in [-0.1, -0.05) is 25.1 Å². The van der Waals surface area contributed by atoms with Crippen LogP contribution in [0, 0.1) is 16.0 Å². The zero-order chi connectivity index (χ0) is 15.0. The summed E-state index contributed by atoms with van der Waals surface area (Å²) in [6.07, 6.45) is 1.65. The average molecular weight is 287 g/mol. The van der Waals surface area contributed by atoms with Crippen LogP contribution < -0.4 is 4.90 Å². The van der Waals surface area contributed by atoms with Gasteiger partial charge in [-0.15, -0.1) is 0 Å². The van der Waals surface area contributed by atoms with Crippen molar-refractivity contribution < 1.29 is 10.0 Å². The molecule has 1 aromatic carbocycles. The SMILES string of the molecule is CC1CCN(c2c([N+](=O)[O-])cnc3ccccc23)CC1O. The van der Waals surface area contributed by atoms with Gasteiger partial charge in [-0.2, -0.15) is 0 Å². The van der Waals surface area contributed by atoms with E-state index < -0.39 is 11.0 Å². The Labute approximate surface area is 122 Å². The highest BCUT2D eigenvalue weighted by molar-refractivity contribution is 5.96. The number of fused-ring (bicyclic) bond motifs is 1. The van der Waals surface area contributed by atoms with Crippen LogP contribution in [0.2, 0.25) is 0 Å². The predicted octanol–water partition coefficient (Wildman–Crippen LogP) is 2.35. The molecule has 0 amide bonds. The topological polar surface area (TPSA) is 79.5 Å². The lowest BCUT2D eigenvalue weighted by molar-refractivity contribution is -0.384. The summed E-state index contributed by atoms with van der Waals surface area (Å²) in [5.41, 5.74) is 1.29. The van der Waals surface area contributed by atoms with Crippen LogP contribution in [-0.2, 0) is 0 Å². The summed E-state index contributed by atoms with van der Waals surface area (Å²) >= 11 is 0. The lowest BCUT2D eigenvalue weighted by Gasteiger charge is -2.35. The van der Waals surface area contributed by atoms with E-state index in [2.05, 4.69) is 4.98 Å². The van der Waals surface area contributed by atoms with Crippen molar-refractivity contribution >= 4 is 22.3 Å². The minimum absolute atomic E-state index is 0.00421. The Morgan fingerprint density at radius 2 is 2.19 bits per heavy atom. The zero-order valence-electron chi connectivity index (χ0n) is 11.8. The summed E-state index contributed by atoms with van der Waals surface area (Å²) in [7, 11) is 0. The molecule has 0 aliphatic carbocycles. The molecule has 21 heavy (non-hydrogen) atoms. The van der Waals surface area contributed by atoms with Crippen molar-refractivity contribution in [2.24, 2.45) is 5.92 Å². The molecule has 0 saturated carbocycles. The van der Waals surface area contributed by atoms with E-state index in [-0.39, 0.29) is 11.6 Å². The number of aromatic nitrogens is 1. The number of hydrogen-bond acceptors (Lipinski definition) is 5. The Balaban J connectivity index is 2.14. The van der Waals surface area contributed by atoms with Crippen molar-refractivity contribution in [1.29, 1.82) is 0 Å². The first-order valence-corrected chi connectivity index (χ1v) is 7.03. The van der Waals surface area contributed by atoms with Crippen molar-refractivity contribution in [3.8, 4) is 0 Å². The molecular weight excluding hydrogens is 270 g/mol. The minimum Gasteiger partial charge on any atom is -0.391 e. The number of rotatable bonds is 2. The molecule has 2 atom stereocenters. The Morgan fingerprint density at radius 1 is 1.43 bits per heavy atom. The number of nitrogens with zero attached hydrogens (tertiary/aromatic N) is 3. The van der Waals surface area contributed by atoms with Gasteiger partial charge in [0.15, 0.2) is 0 Å². The number of β-amino-alcohol motifs (C(OH)–C–C–N with tert-alkyl or cyclic N) is 1. The lowest BCUT2D eigenvalue weighted by atomic mass is 9.95. The van der Waals surface area contributed by atoms with E-state index in [1.54, 1.807) is 0 Å². The van der Waals surface area contributed by atoms with Gasteiger partial charge in [0.2, 0.25) is 0 Å². The molecule has 0 bridgehead atoms. The highest BCUT2D eigenvalue weighted by atomic mass is 16.6. The van der Waals surface area contributed by atoms with Crippen LogP contribution in [-0.4, -0.2) is 34.2 Å². The number of benzene rings is 1. The van der Waals surface area contributed by atoms with Crippen molar-refractivity contribution in [1.82, 2.24) is 4.98 Å². The normalized spacial score (nSPS) is 22.5. The predicted molar refractivity (Wildman–Crippen MR) is 80.4 cm³/mol. The largest absolute Gasteiger partial charge is 0.391 e. The van der Waals surface area contributed by atoms with E-state index in [1.807, 2.05) is 36.1 Å². The molecule has 1 aliphatic rings. The summed E-state index contributed by atoms with van der Waals surface area (Å²) in [5.74, 6) is 0.216. The molecule has 2 aromatic rings. The fourth-order valence-electron chi connectivity index (χ4n) is 2.83. The average Bonchev–Trinajstić information content (AvgIpc) is 2.49. The number of hydrogen-bond donors (Lipinski definition) is 1. The number of aliphatic hydroxyl groups excluding tert-OH is 1. The summed E-state index contributed by atoms with van der Waals surface area (Å²) < 4.78 is 0. The zero-order valence-corrected chi connectivity index (χ0v) is 11.8. The molecule has 0 radical (unpaired) electrons. The first-order chi connectivity index (χ1) is 10.1. The summed E-state index contributed by atoms with van der Waals surface area (Å²) in [6, 6.07) is 7.39. The molecule has 3 rings (SSSR count). The Hall–Kier alpha value is -2.21. The van der Waals surface area contributed by atoms with Crippen LogP contribution in [0.3, 0.4) is 0 Å². The third-order valence-electron chi connectivity index (χ3n) is 4.16. The number of nitro groups is 1. The molecule has 1 N–H and O–H groups in total. The first kappa shape index (κ1) is 13.8. The smallest absolute Gasteiger partial charge is 0.311 e. The van der Waals surface area contributed by atoms with Crippen LogP contribution in [0.4, 0.5) is 11.4 Å². The highest BCUT2D eigenvalue weighted by Crippen LogP contribution is 2.36. The standard InChI is InChI=1S/C15H17N3O3/c1-10-6-7-17(9-14(10)19)15-11-4-2-3-5-12(11)16-8-13(15)18(20)21/h2-5,8,10,14,19H,6-7,9H2,1H3. The molecule has 0 spiro atoms. The van der Waals surface area contributed by atoms with Crippen molar-refractivity contribution in [2.45, 2.75) is 19.4 Å². The molecule has 1 saturated heterocycles. The molecular formula is C15H17N3O3. The number of piperidine rings is 1. The maximum atomic E-state index is 11.3. The van der Waals surface area contributed by atoms with Crippen LogP contribution in [0.1, 0.15) is 13.3 Å². The molecule has 6 nitrogen and oxygen atoms in total. The molecule has 1 aliphatic heterocycles. The van der Waals surface area contributed by atoms with Gasteiger partial charge >= 0.3 is 5.69 Å². The first-order valence-electron chi connectivity index (χ1n) is 7.03. The van der Waals surface area contributed by atoms with Crippen molar-refractivity contribution in [3.05, 3.63) is 40.6 Å². The molecule has 1 aromatic heterocycles. The summed E-state index contributed by atoms with van der Waals surface area (Å²) in [4.78, 5) is 17.0. The van der Waals surface area contributed by atoms with Crippen LogP contribution >= 0.6 is 0 Å². The van der Waals surface area contributed by atoms with Gasteiger partial charge in [0.1, 0.15) is 11.9 Å². The van der Waals surface area contributed by atoms with Gasteiger partial charge in [0.25, 0.3) is 0 Å². The second kappa shape index (κ2) is 5.29. The Morgan fingerprint density at radius 3 is 2.90 bits per heavy atom. The van der Waals surface area contributed by atoms with Gasteiger partial charge in [-0.3, -0.25) is 10.1 Å². The Bertz CT molecular complexity index is 689.